The molecule has 1 fully saturated rings. The Morgan fingerprint density at radius 1 is 1.09 bits per heavy atom. The Bertz CT molecular complexity index is 1250. The summed E-state index contributed by atoms with van der Waals surface area (Å²) in [6, 6.07) is 19.1. The number of methoxy groups -OCH3 is 1. The smallest absolute Gasteiger partial charge is 0.269 e. The lowest BCUT2D eigenvalue weighted by Gasteiger charge is -2.33. The van der Waals surface area contributed by atoms with Crippen molar-refractivity contribution in [3.8, 4) is 5.75 Å². The fraction of sp³-hybridized carbons (Fsp3) is 0.167. The monoisotopic (exact) mass is 468 g/mol. The minimum atomic E-state index is -1.27. The Balaban J connectivity index is 1.63. The van der Waals surface area contributed by atoms with Gasteiger partial charge in [-0.1, -0.05) is 41.9 Å². The minimum Gasteiger partial charge on any atom is -0.497 e. The molecule has 0 saturated carbocycles. The van der Waals surface area contributed by atoms with E-state index in [1.165, 1.54) is 34.9 Å². The van der Waals surface area contributed by atoms with E-state index in [1.807, 2.05) is 48.5 Å². The lowest BCUT2D eigenvalue weighted by atomic mass is 10.0. The fourth-order valence-electron chi connectivity index (χ4n) is 4.29. The van der Waals surface area contributed by atoms with Crippen molar-refractivity contribution in [2.45, 2.75) is 11.4 Å². The largest absolute Gasteiger partial charge is 0.497 e. The summed E-state index contributed by atoms with van der Waals surface area (Å²) in [5, 5.41) is -0.102. The third-order valence-electron chi connectivity index (χ3n) is 5.70. The van der Waals surface area contributed by atoms with Gasteiger partial charge < -0.3 is 9.64 Å². The second-order valence-corrected chi connectivity index (χ2v) is 9.10. The van der Waals surface area contributed by atoms with Crippen LogP contribution in [0.2, 0.25) is 5.02 Å². The van der Waals surface area contributed by atoms with Gasteiger partial charge in [0.25, 0.3) is 5.91 Å². The lowest BCUT2D eigenvalue weighted by molar-refractivity contribution is -0.123. The Morgan fingerprint density at radius 2 is 1.91 bits per heavy atom. The average Bonchev–Trinajstić information content (AvgIpc) is 3.27. The SMILES string of the molecule is COc1cccc(CN2C(=O)[C@]3(SCC(=O)N3c3ccc(F)c(Cl)c3)c3ccccc32)c1. The molecule has 0 aromatic heterocycles. The highest BCUT2D eigenvalue weighted by Gasteiger charge is 2.60. The average molecular weight is 469 g/mol. The molecule has 1 saturated heterocycles. The van der Waals surface area contributed by atoms with Crippen LogP contribution < -0.4 is 14.5 Å². The van der Waals surface area contributed by atoms with Crippen molar-refractivity contribution in [3.05, 3.63) is 88.7 Å². The Labute approximate surface area is 193 Å². The van der Waals surface area contributed by atoms with Crippen LogP contribution >= 0.6 is 23.4 Å². The quantitative estimate of drug-likeness (QED) is 0.542. The number of carbonyl (C=O) groups excluding carboxylic acids is 2. The van der Waals surface area contributed by atoms with Crippen LogP contribution in [0.4, 0.5) is 15.8 Å². The zero-order valence-electron chi connectivity index (χ0n) is 17.0. The fourth-order valence-corrected chi connectivity index (χ4v) is 5.82. The number of para-hydroxylation sites is 1. The second-order valence-electron chi connectivity index (χ2n) is 7.52. The summed E-state index contributed by atoms with van der Waals surface area (Å²) in [4.78, 5) is 28.9. The van der Waals surface area contributed by atoms with Gasteiger partial charge in [-0.3, -0.25) is 14.5 Å². The molecule has 0 radical (unpaired) electrons. The van der Waals surface area contributed by atoms with Crippen LogP contribution in [0.1, 0.15) is 11.1 Å². The van der Waals surface area contributed by atoms with Crippen molar-refractivity contribution in [3.63, 3.8) is 0 Å². The van der Waals surface area contributed by atoms with E-state index in [9.17, 15) is 14.0 Å². The maximum Gasteiger partial charge on any atom is 0.269 e. The Kier molecular flexibility index (Phi) is 5.10. The first-order valence-corrected chi connectivity index (χ1v) is 11.3. The number of amides is 2. The van der Waals surface area contributed by atoms with Gasteiger partial charge in [0.2, 0.25) is 10.8 Å². The molecule has 5 rings (SSSR count). The van der Waals surface area contributed by atoms with Crippen LogP contribution in [0.25, 0.3) is 0 Å². The van der Waals surface area contributed by atoms with E-state index in [0.29, 0.717) is 18.0 Å². The van der Waals surface area contributed by atoms with E-state index in [0.717, 1.165) is 16.8 Å². The number of hydrogen-bond acceptors (Lipinski definition) is 4. The molecular weight excluding hydrogens is 451 g/mol. The molecule has 0 bridgehead atoms. The first-order valence-electron chi connectivity index (χ1n) is 9.92. The minimum absolute atomic E-state index is 0.102. The lowest BCUT2D eigenvalue weighted by Crippen LogP contribution is -2.49. The van der Waals surface area contributed by atoms with E-state index in [1.54, 1.807) is 12.0 Å². The molecule has 1 spiro atoms. The highest BCUT2D eigenvalue weighted by atomic mass is 35.5. The van der Waals surface area contributed by atoms with E-state index < -0.39 is 10.7 Å². The molecule has 5 nitrogen and oxygen atoms in total. The number of nitrogens with zero attached hydrogens (tertiary/aromatic N) is 2. The van der Waals surface area contributed by atoms with Gasteiger partial charge in [0.1, 0.15) is 11.6 Å². The molecule has 3 aromatic rings. The van der Waals surface area contributed by atoms with Gasteiger partial charge in [0.15, 0.2) is 0 Å². The number of hydrogen-bond donors (Lipinski definition) is 0. The molecule has 2 heterocycles. The number of carbonyl (C=O) groups is 2. The number of benzene rings is 3. The zero-order valence-corrected chi connectivity index (χ0v) is 18.6. The summed E-state index contributed by atoms with van der Waals surface area (Å²) in [5.41, 5.74) is 2.75. The number of thioether (sulfide) groups is 1. The molecule has 2 amide bonds. The van der Waals surface area contributed by atoms with Crippen LogP contribution in [0, 0.1) is 5.82 Å². The number of halogens is 2. The highest BCUT2D eigenvalue weighted by molar-refractivity contribution is 8.02. The van der Waals surface area contributed by atoms with Crippen molar-refractivity contribution in [2.75, 3.05) is 22.7 Å². The number of ether oxygens (including phenoxy) is 1. The Hall–Kier alpha value is -3.03. The van der Waals surface area contributed by atoms with E-state index in [4.69, 9.17) is 16.3 Å². The van der Waals surface area contributed by atoms with Gasteiger partial charge in [-0.05, 0) is 42.0 Å². The van der Waals surface area contributed by atoms with Crippen LogP contribution in [-0.4, -0.2) is 24.7 Å². The first-order chi connectivity index (χ1) is 15.5. The predicted molar refractivity (Wildman–Crippen MR) is 124 cm³/mol. The predicted octanol–water partition coefficient (Wildman–Crippen LogP) is 4.97. The van der Waals surface area contributed by atoms with Gasteiger partial charge in [0, 0.05) is 11.3 Å². The third-order valence-corrected chi connectivity index (χ3v) is 7.38. The highest BCUT2D eigenvalue weighted by Crippen LogP contribution is 2.56. The van der Waals surface area contributed by atoms with E-state index in [2.05, 4.69) is 0 Å². The molecule has 2 aliphatic rings. The standard InChI is InChI=1S/C24H18ClFN2O3S/c1-31-17-6-4-5-15(11-17)13-27-21-8-3-2-7-18(21)24(23(27)30)28(22(29)14-32-24)16-9-10-20(26)19(25)12-16/h2-12H,13-14H2,1H3/t24-/m1/s1. The number of rotatable bonds is 4. The van der Waals surface area contributed by atoms with Gasteiger partial charge in [-0.15, -0.1) is 11.8 Å². The molecular formula is C24H18ClFN2O3S. The van der Waals surface area contributed by atoms with E-state index in [-0.39, 0.29) is 22.6 Å². The molecule has 3 aromatic carbocycles. The van der Waals surface area contributed by atoms with Gasteiger partial charge >= 0.3 is 0 Å². The zero-order chi connectivity index (χ0) is 22.5. The van der Waals surface area contributed by atoms with Gasteiger partial charge in [-0.25, -0.2) is 4.39 Å². The molecule has 0 N–H and O–H groups in total. The topological polar surface area (TPSA) is 49.9 Å². The van der Waals surface area contributed by atoms with Gasteiger partial charge in [0.05, 0.1) is 30.1 Å². The molecule has 0 unspecified atom stereocenters. The number of anilines is 2. The molecule has 2 aliphatic heterocycles. The maximum atomic E-state index is 14.0. The van der Waals surface area contributed by atoms with E-state index >= 15 is 0 Å². The summed E-state index contributed by atoms with van der Waals surface area (Å²) in [5.74, 6) is -0.212. The summed E-state index contributed by atoms with van der Waals surface area (Å²) in [6.45, 7) is 0.321. The van der Waals surface area contributed by atoms with Crippen molar-refractivity contribution in [1.82, 2.24) is 0 Å². The van der Waals surface area contributed by atoms with Crippen molar-refractivity contribution < 1.29 is 18.7 Å². The molecule has 8 heteroatoms. The first kappa shape index (κ1) is 20.8. The second kappa shape index (κ2) is 7.83. The van der Waals surface area contributed by atoms with Crippen molar-refractivity contribution >= 4 is 46.6 Å². The van der Waals surface area contributed by atoms with Crippen LogP contribution in [0.5, 0.6) is 5.75 Å². The summed E-state index contributed by atoms with van der Waals surface area (Å²) < 4.78 is 19.1. The normalized spacial score (nSPS) is 19.7. The van der Waals surface area contributed by atoms with Crippen LogP contribution in [-0.2, 0) is 21.0 Å². The third kappa shape index (κ3) is 3.07. The van der Waals surface area contributed by atoms with Crippen molar-refractivity contribution in [1.29, 1.82) is 0 Å². The molecule has 32 heavy (non-hydrogen) atoms. The summed E-state index contributed by atoms with van der Waals surface area (Å²) >= 11 is 7.28. The summed E-state index contributed by atoms with van der Waals surface area (Å²) in [7, 11) is 1.59. The molecule has 162 valence electrons. The van der Waals surface area contributed by atoms with Gasteiger partial charge in [-0.2, -0.15) is 0 Å². The van der Waals surface area contributed by atoms with Crippen molar-refractivity contribution in [2.24, 2.45) is 0 Å². The van der Waals surface area contributed by atoms with Crippen LogP contribution in [0.3, 0.4) is 0 Å². The number of fused-ring (bicyclic) bond motifs is 2. The van der Waals surface area contributed by atoms with Crippen LogP contribution in [0.15, 0.2) is 66.7 Å². The molecule has 1 atom stereocenters. The molecule has 0 aliphatic carbocycles. The Morgan fingerprint density at radius 3 is 2.69 bits per heavy atom. The summed E-state index contributed by atoms with van der Waals surface area (Å²) in [6.07, 6.45) is 0. The maximum absolute atomic E-state index is 14.0.